The number of nitrogens with one attached hydrogen (secondary N) is 1. The molecule has 4 atom stereocenters. The second-order valence-electron chi connectivity index (χ2n) is 8.08. The van der Waals surface area contributed by atoms with Gasteiger partial charge in [0.05, 0.1) is 24.5 Å². The highest BCUT2D eigenvalue weighted by molar-refractivity contribution is 6.30. The van der Waals surface area contributed by atoms with E-state index in [0.29, 0.717) is 27.5 Å². The first kappa shape index (κ1) is 19.1. The first-order chi connectivity index (χ1) is 15.4. The molecule has 9 nitrogen and oxygen atoms in total. The highest BCUT2D eigenvalue weighted by atomic mass is 35.5. The molecule has 0 radical (unpaired) electrons. The Labute approximate surface area is 186 Å². The van der Waals surface area contributed by atoms with Crippen molar-refractivity contribution in [2.75, 3.05) is 4.90 Å². The molecule has 0 bridgehead atoms. The third kappa shape index (κ3) is 2.52. The number of aliphatic hydroxyl groups is 1. The van der Waals surface area contributed by atoms with E-state index in [4.69, 9.17) is 16.0 Å². The van der Waals surface area contributed by atoms with Crippen LogP contribution in [0.15, 0.2) is 53.3 Å². The summed E-state index contributed by atoms with van der Waals surface area (Å²) < 4.78 is 5.46. The maximum Gasteiger partial charge on any atom is 0.263 e. The summed E-state index contributed by atoms with van der Waals surface area (Å²) in [5.74, 6) is -1.83. The van der Waals surface area contributed by atoms with Gasteiger partial charge in [-0.05, 0) is 36.8 Å². The van der Waals surface area contributed by atoms with E-state index in [9.17, 15) is 14.7 Å². The molecule has 0 spiro atoms. The molecule has 4 unspecified atom stereocenters. The number of nitrogens with zero attached hydrogens (tertiary/aromatic N) is 4. The fraction of sp³-hybridized carbons (Fsp3) is 0.227. The number of ketones is 1. The van der Waals surface area contributed by atoms with Crippen LogP contribution < -0.4 is 4.90 Å². The highest BCUT2D eigenvalue weighted by Gasteiger charge is 2.81. The number of rotatable bonds is 4. The summed E-state index contributed by atoms with van der Waals surface area (Å²) in [7, 11) is 0. The fourth-order valence-electron chi connectivity index (χ4n) is 4.74. The van der Waals surface area contributed by atoms with Gasteiger partial charge in [0.2, 0.25) is 11.7 Å². The number of aromatic nitrogens is 4. The number of imidazole rings is 1. The van der Waals surface area contributed by atoms with Gasteiger partial charge in [-0.2, -0.15) is 4.98 Å². The Morgan fingerprint density at radius 3 is 2.72 bits per heavy atom. The normalized spacial score (nSPS) is 26.5. The monoisotopic (exact) mass is 449 g/mol. The van der Waals surface area contributed by atoms with Gasteiger partial charge in [-0.25, -0.2) is 9.97 Å². The number of aryl methyl sites for hydroxylation is 1. The van der Waals surface area contributed by atoms with E-state index in [0.717, 1.165) is 0 Å². The molecule has 2 N–H and O–H groups in total. The van der Waals surface area contributed by atoms with Crippen molar-refractivity contribution in [3.05, 3.63) is 71.0 Å². The van der Waals surface area contributed by atoms with Crippen molar-refractivity contribution >= 4 is 40.4 Å². The number of aromatic amines is 1. The molecule has 10 heteroatoms. The van der Waals surface area contributed by atoms with Crippen molar-refractivity contribution in [3.8, 4) is 0 Å². The summed E-state index contributed by atoms with van der Waals surface area (Å²) >= 11 is 6.06. The Morgan fingerprint density at radius 1 is 1.22 bits per heavy atom. The van der Waals surface area contributed by atoms with Crippen LogP contribution in [0.1, 0.15) is 27.9 Å². The molecule has 1 aliphatic carbocycles. The first-order valence-corrected chi connectivity index (χ1v) is 10.4. The van der Waals surface area contributed by atoms with Crippen molar-refractivity contribution < 1.29 is 19.1 Å². The average Bonchev–Trinajstić information content (AvgIpc) is 3.17. The molecule has 1 saturated carbocycles. The fourth-order valence-corrected chi connectivity index (χ4v) is 4.86. The number of anilines is 1. The maximum absolute atomic E-state index is 13.5. The van der Waals surface area contributed by atoms with Crippen LogP contribution >= 0.6 is 11.6 Å². The highest BCUT2D eigenvalue weighted by Crippen LogP contribution is 2.66. The number of benzene rings is 1. The number of halogens is 1. The van der Waals surface area contributed by atoms with Gasteiger partial charge in [0.25, 0.3) is 5.91 Å². The Bertz CT molecular complexity index is 1400. The number of Topliss-reactive ketones (excluding diaryl/α,β-unsaturated/α-hetero) is 1. The molecule has 160 valence electrons. The minimum absolute atomic E-state index is 0.107. The molecule has 1 aliphatic heterocycles. The summed E-state index contributed by atoms with van der Waals surface area (Å²) in [6.07, 6.45) is 3.01. The lowest BCUT2D eigenvalue weighted by Crippen LogP contribution is -2.41. The van der Waals surface area contributed by atoms with Crippen LogP contribution in [-0.4, -0.2) is 42.3 Å². The SMILES string of the molecule is Cc1ccc(C(=O)C2C3C(c4ccc(Cl)cc4)N(c4ncc5[nH]cnc5n4)C(=O)C23O)o1. The summed E-state index contributed by atoms with van der Waals surface area (Å²) in [6.45, 7) is 1.73. The molecule has 4 heterocycles. The number of furan rings is 1. The Morgan fingerprint density at radius 2 is 2.00 bits per heavy atom. The lowest BCUT2D eigenvalue weighted by molar-refractivity contribution is -0.127. The molecular weight excluding hydrogens is 434 g/mol. The molecule has 1 aromatic carbocycles. The van der Waals surface area contributed by atoms with E-state index in [1.807, 2.05) is 0 Å². The Hall–Kier alpha value is -3.56. The van der Waals surface area contributed by atoms with Gasteiger partial charge >= 0.3 is 0 Å². The Balaban J connectivity index is 1.46. The van der Waals surface area contributed by atoms with Crippen molar-refractivity contribution in [2.45, 2.75) is 18.6 Å². The van der Waals surface area contributed by atoms with Crippen LogP contribution in [0.25, 0.3) is 11.2 Å². The van der Waals surface area contributed by atoms with Crippen molar-refractivity contribution in [1.82, 2.24) is 19.9 Å². The van der Waals surface area contributed by atoms with E-state index in [1.54, 1.807) is 43.3 Å². The molecular formula is C22H16ClN5O4. The van der Waals surface area contributed by atoms with Gasteiger partial charge in [0, 0.05) is 10.9 Å². The maximum atomic E-state index is 13.5. The van der Waals surface area contributed by atoms with Crippen molar-refractivity contribution in [2.24, 2.45) is 11.8 Å². The third-order valence-electron chi connectivity index (χ3n) is 6.27. The molecule has 6 rings (SSSR count). The van der Waals surface area contributed by atoms with Gasteiger partial charge in [-0.3, -0.25) is 14.5 Å². The Kier molecular flexibility index (Phi) is 3.87. The zero-order valence-electron chi connectivity index (χ0n) is 16.7. The molecule has 1 saturated heterocycles. The van der Waals surface area contributed by atoms with E-state index in [2.05, 4.69) is 19.9 Å². The lowest BCUT2D eigenvalue weighted by Gasteiger charge is -2.27. The van der Waals surface area contributed by atoms with Crippen LogP contribution in [0.3, 0.4) is 0 Å². The van der Waals surface area contributed by atoms with E-state index in [-0.39, 0.29) is 11.7 Å². The number of carbonyl (C=O) groups excluding carboxylic acids is 2. The zero-order chi connectivity index (χ0) is 22.2. The minimum Gasteiger partial charge on any atom is -0.458 e. The van der Waals surface area contributed by atoms with Crippen LogP contribution in [0.5, 0.6) is 0 Å². The lowest BCUT2D eigenvalue weighted by atomic mass is 9.99. The minimum atomic E-state index is -1.87. The second kappa shape index (κ2) is 6.47. The summed E-state index contributed by atoms with van der Waals surface area (Å²) in [5.41, 5.74) is -0.149. The van der Waals surface area contributed by atoms with Crippen LogP contribution in [0.4, 0.5) is 5.95 Å². The molecule has 32 heavy (non-hydrogen) atoms. The van der Waals surface area contributed by atoms with Crippen LogP contribution in [0.2, 0.25) is 5.02 Å². The quantitative estimate of drug-likeness (QED) is 0.459. The molecule has 3 aromatic heterocycles. The predicted molar refractivity (Wildman–Crippen MR) is 113 cm³/mol. The van der Waals surface area contributed by atoms with Crippen molar-refractivity contribution in [3.63, 3.8) is 0 Å². The predicted octanol–water partition coefficient (Wildman–Crippen LogP) is 2.86. The number of fused-ring (bicyclic) bond motifs is 2. The zero-order valence-corrected chi connectivity index (χ0v) is 17.4. The van der Waals surface area contributed by atoms with Gasteiger partial charge in [-0.15, -0.1) is 0 Å². The van der Waals surface area contributed by atoms with E-state index >= 15 is 0 Å². The van der Waals surface area contributed by atoms with E-state index < -0.39 is 35.2 Å². The summed E-state index contributed by atoms with van der Waals surface area (Å²) in [6, 6.07) is 9.50. The van der Waals surface area contributed by atoms with E-state index in [1.165, 1.54) is 17.4 Å². The number of H-pyrrole nitrogens is 1. The standard InChI is InChI=1S/C22H16ClN5O4/c1-10-2-7-14(32-10)18(29)16-15-17(11-3-5-12(23)6-4-11)28(20(30)22(15,16)31)21-24-8-13-19(27-21)26-9-25-13/h2-9,15-17,31H,1H3,(H,24,25,26,27). The molecule has 2 aliphatic rings. The average molecular weight is 450 g/mol. The smallest absolute Gasteiger partial charge is 0.263 e. The van der Waals surface area contributed by atoms with Crippen LogP contribution in [0, 0.1) is 18.8 Å². The van der Waals surface area contributed by atoms with Gasteiger partial charge < -0.3 is 14.5 Å². The second-order valence-corrected chi connectivity index (χ2v) is 8.52. The molecule has 4 aromatic rings. The third-order valence-corrected chi connectivity index (χ3v) is 6.52. The van der Waals surface area contributed by atoms with Gasteiger partial charge in [0.15, 0.2) is 17.0 Å². The number of piperidine rings is 1. The number of amides is 1. The molecule has 1 amide bonds. The first-order valence-electron chi connectivity index (χ1n) is 9.98. The van der Waals surface area contributed by atoms with Gasteiger partial charge in [-0.1, -0.05) is 23.7 Å². The van der Waals surface area contributed by atoms with Crippen molar-refractivity contribution in [1.29, 1.82) is 0 Å². The van der Waals surface area contributed by atoms with Gasteiger partial charge in [0.1, 0.15) is 11.3 Å². The molecule has 2 fully saturated rings. The number of hydrogen-bond acceptors (Lipinski definition) is 7. The number of carbonyl (C=O) groups is 2. The topological polar surface area (TPSA) is 125 Å². The summed E-state index contributed by atoms with van der Waals surface area (Å²) in [5, 5.41) is 11.9. The summed E-state index contributed by atoms with van der Waals surface area (Å²) in [4.78, 5) is 43.7. The number of hydrogen-bond donors (Lipinski definition) is 2. The van der Waals surface area contributed by atoms with Crippen LogP contribution in [-0.2, 0) is 4.79 Å². The largest absolute Gasteiger partial charge is 0.458 e.